The number of sulfonamides is 1. The van der Waals surface area contributed by atoms with Crippen LogP contribution < -0.4 is 4.74 Å². The van der Waals surface area contributed by atoms with Gasteiger partial charge >= 0.3 is 5.97 Å². The van der Waals surface area contributed by atoms with Crippen molar-refractivity contribution >= 4 is 31.9 Å². The van der Waals surface area contributed by atoms with E-state index in [-0.39, 0.29) is 23.7 Å². The van der Waals surface area contributed by atoms with Gasteiger partial charge in [0.2, 0.25) is 10.0 Å². The third kappa shape index (κ3) is 5.32. The first-order valence-electron chi connectivity index (χ1n) is 8.70. The molecule has 0 aromatic heterocycles. The molecule has 0 radical (unpaired) electrons. The van der Waals surface area contributed by atoms with Gasteiger partial charge in [-0.1, -0.05) is 22.0 Å². The van der Waals surface area contributed by atoms with Crippen LogP contribution in [0.3, 0.4) is 0 Å². The van der Waals surface area contributed by atoms with Gasteiger partial charge in [0.1, 0.15) is 19.0 Å². The van der Waals surface area contributed by atoms with Crippen LogP contribution in [0.15, 0.2) is 57.9 Å². The first kappa shape index (κ1) is 20.8. The van der Waals surface area contributed by atoms with Gasteiger partial charge in [-0.05, 0) is 42.5 Å². The minimum Gasteiger partial charge on any atom is -0.490 e. The lowest BCUT2D eigenvalue weighted by Crippen LogP contribution is -2.40. The molecule has 7 nitrogen and oxygen atoms in total. The Kier molecular flexibility index (Phi) is 7.06. The Morgan fingerprint density at radius 1 is 1.07 bits per heavy atom. The van der Waals surface area contributed by atoms with E-state index in [9.17, 15) is 13.2 Å². The number of morpholine rings is 1. The van der Waals surface area contributed by atoms with Gasteiger partial charge in [0, 0.05) is 17.6 Å². The second-order valence-electron chi connectivity index (χ2n) is 5.98. The van der Waals surface area contributed by atoms with Crippen molar-refractivity contribution in [3.05, 3.63) is 58.6 Å². The van der Waals surface area contributed by atoms with Crippen LogP contribution in [0.5, 0.6) is 5.75 Å². The van der Waals surface area contributed by atoms with Gasteiger partial charge in [0.25, 0.3) is 0 Å². The topological polar surface area (TPSA) is 82.1 Å². The van der Waals surface area contributed by atoms with Gasteiger partial charge in [-0.2, -0.15) is 4.31 Å². The molecular formula is C19H20BrNO6S. The summed E-state index contributed by atoms with van der Waals surface area (Å²) < 4.78 is 43.6. The molecule has 3 rings (SSSR count). The zero-order valence-electron chi connectivity index (χ0n) is 15.0. The first-order chi connectivity index (χ1) is 13.5. The predicted octanol–water partition coefficient (Wildman–Crippen LogP) is 2.71. The number of carbonyl (C=O) groups excluding carboxylic acids is 1. The van der Waals surface area contributed by atoms with E-state index in [2.05, 4.69) is 15.9 Å². The van der Waals surface area contributed by atoms with Crippen molar-refractivity contribution in [2.75, 3.05) is 39.5 Å². The lowest BCUT2D eigenvalue weighted by Gasteiger charge is -2.26. The predicted molar refractivity (Wildman–Crippen MR) is 106 cm³/mol. The minimum atomic E-state index is -3.67. The van der Waals surface area contributed by atoms with Crippen molar-refractivity contribution < 1.29 is 27.4 Å². The largest absolute Gasteiger partial charge is 0.490 e. The highest BCUT2D eigenvalue weighted by molar-refractivity contribution is 9.10. The van der Waals surface area contributed by atoms with E-state index >= 15 is 0 Å². The summed E-state index contributed by atoms with van der Waals surface area (Å²) >= 11 is 3.34. The Bertz CT molecular complexity index is 910. The van der Waals surface area contributed by atoms with Gasteiger partial charge in [-0.3, -0.25) is 0 Å². The van der Waals surface area contributed by atoms with Crippen molar-refractivity contribution in [1.82, 2.24) is 4.31 Å². The summed E-state index contributed by atoms with van der Waals surface area (Å²) in [5.41, 5.74) is 0.179. The van der Waals surface area contributed by atoms with E-state index < -0.39 is 16.0 Å². The fourth-order valence-electron chi connectivity index (χ4n) is 2.63. The molecule has 1 aliphatic heterocycles. The number of esters is 1. The molecule has 0 aliphatic carbocycles. The Labute approximate surface area is 172 Å². The van der Waals surface area contributed by atoms with E-state index in [0.717, 1.165) is 4.47 Å². The van der Waals surface area contributed by atoms with Crippen LogP contribution in [0.2, 0.25) is 0 Å². The molecule has 0 bridgehead atoms. The van der Waals surface area contributed by atoms with Crippen LogP contribution >= 0.6 is 15.9 Å². The average molecular weight is 470 g/mol. The highest BCUT2D eigenvalue weighted by atomic mass is 79.9. The number of carbonyl (C=O) groups is 1. The first-order valence-corrected chi connectivity index (χ1v) is 10.9. The summed E-state index contributed by atoms with van der Waals surface area (Å²) in [6.07, 6.45) is 0. The summed E-state index contributed by atoms with van der Waals surface area (Å²) in [5, 5.41) is 0. The summed E-state index contributed by atoms with van der Waals surface area (Å²) in [5.74, 6) is 0.0660. The third-order valence-corrected chi connectivity index (χ3v) is 6.50. The van der Waals surface area contributed by atoms with E-state index in [0.29, 0.717) is 32.1 Å². The maximum atomic E-state index is 12.7. The van der Waals surface area contributed by atoms with Gasteiger partial charge in [-0.15, -0.1) is 0 Å². The van der Waals surface area contributed by atoms with E-state index in [1.165, 1.54) is 28.6 Å². The summed E-state index contributed by atoms with van der Waals surface area (Å²) in [7, 11) is -3.67. The van der Waals surface area contributed by atoms with Gasteiger partial charge in [-0.25, -0.2) is 13.2 Å². The quantitative estimate of drug-likeness (QED) is 0.457. The molecule has 2 aromatic carbocycles. The second kappa shape index (κ2) is 9.51. The van der Waals surface area contributed by atoms with E-state index in [1.54, 1.807) is 12.1 Å². The summed E-state index contributed by atoms with van der Waals surface area (Å²) in [6.45, 7) is 1.56. The molecule has 0 amide bonds. The van der Waals surface area contributed by atoms with Crippen LogP contribution in [0.1, 0.15) is 10.4 Å². The van der Waals surface area contributed by atoms with Crippen molar-refractivity contribution in [3.8, 4) is 5.75 Å². The van der Waals surface area contributed by atoms with E-state index in [4.69, 9.17) is 14.2 Å². The van der Waals surface area contributed by atoms with Crippen LogP contribution in [0.25, 0.3) is 0 Å². The molecule has 0 spiro atoms. The van der Waals surface area contributed by atoms with Crippen molar-refractivity contribution in [3.63, 3.8) is 0 Å². The van der Waals surface area contributed by atoms with Crippen molar-refractivity contribution in [1.29, 1.82) is 0 Å². The molecular weight excluding hydrogens is 450 g/mol. The standard InChI is InChI=1S/C19H20BrNO6S/c20-16-4-6-17(7-5-16)26-12-13-27-19(22)15-2-1-3-18(14-15)28(23,24)21-8-10-25-11-9-21/h1-7,14H,8-13H2. The van der Waals surface area contributed by atoms with Crippen LogP contribution in [0, 0.1) is 0 Å². The number of hydrogen-bond acceptors (Lipinski definition) is 6. The van der Waals surface area contributed by atoms with Gasteiger partial charge in [0.15, 0.2) is 0 Å². The normalized spacial score (nSPS) is 15.2. The molecule has 1 saturated heterocycles. The van der Waals surface area contributed by atoms with Crippen molar-refractivity contribution in [2.24, 2.45) is 0 Å². The molecule has 9 heteroatoms. The lowest BCUT2D eigenvalue weighted by molar-refractivity contribution is 0.0450. The Balaban J connectivity index is 1.56. The number of rotatable bonds is 7. The molecule has 1 fully saturated rings. The SMILES string of the molecule is O=C(OCCOc1ccc(Br)cc1)c1cccc(S(=O)(=O)N2CCOCC2)c1. The summed E-state index contributed by atoms with van der Waals surface area (Å²) in [6, 6.07) is 13.2. The molecule has 0 unspecified atom stereocenters. The smallest absolute Gasteiger partial charge is 0.338 e. The fourth-order valence-corrected chi connectivity index (χ4v) is 4.35. The van der Waals surface area contributed by atoms with Gasteiger partial charge < -0.3 is 14.2 Å². The number of hydrogen-bond donors (Lipinski definition) is 0. The molecule has 0 N–H and O–H groups in total. The zero-order chi connectivity index (χ0) is 20.0. The molecule has 150 valence electrons. The molecule has 0 atom stereocenters. The number of halogens is 1. The van der Waals surface area contributed by atoms with Crippen LogP contribution in [-0.2, 0) is 19.5 Å². The van der Waals surface area contributed by atoms with Crippen molar-refractivity contribution in [2.45, 2.75) is 4.90 Å². The maximum Gasteiger partial charge on any atom is 0.338 e. The zero-order valence-corrected chi connectivity index (χ0v) is 17.4. The molecule has 1 aliphatic rings. The Morgan fingerprint density at radius 3 is 2.50 bits per heavy atom. The second-order valence-corrected chi connectivity index (χ2v) is 8.84. The third-order valence-electron chi connectivity index (χ3n) is 4.08. The van der Waals surface area contributed by atoms with Gasteiger partial charge in [0.05, 0.1) is 23.7 Å². The number of nitrogens with zero attached hydrogens (tertiary/aromatic N) is 1. The fraction of sp³-hybridized carbons (Fsp3) is 0.316. The lowest BCUT2D eigenvalue weighted by atomic mass is 10.2. The summed E-state index contributed by atoms with van der Waals surface area (Å²) in [4.78, 5) is 12.3. The maximum absolute atomic E-state index is 12.7. The monoisotopic (exact) mass is 469 g/mol. The molecule has 28 heavy (non-hydrogen) atoms. The number of ether oxygens (including phenoxy) is 3. The molecule has 0 saturated carbocycles. The number of benzene rings is 2. The molecule has 1 heterocycles. The Hall–Kier alpha value is -1.94. The highest BCUT2D eigenvalue weighted by Crippen LogP contribution is 2.19. The average Bonchev–Trinajstić information content (AvgIpc) is 2.73. The minimum absolute atomic E-state index is 0.0509. The van der Waals surface area contributed by atoms with E-state index in [1.807, 2.05) is 12.1 Å². The molecule has 2 aromatic rings. The highest BCUT2D eigenvalue weighted by Gasteiger charge is 2.27. The van der Waals surface area contributed by atoms with Crippen LogP contribution in [0.4, 0.5) is 0 Å². The van der Waals surface area contributed by atoms with Crippen LogP contribution in [-0.4, -0.2) is 58.2 Å². The Morgan fingerprint density at radius 2 is 1.79 bits per heavy atom.